The Morgan fingerprint density at radius 2 is 2.21 bits per heavy atom. The normalized spacial score (nSPS) is 20.2. The molecule has 1 aliphatic heterocycles. The van der Waals surface area contributed by atoms with Gasteiger partial charge in [-0.2, -0.15) is 0 Å². The highest BCUT2D eigenvalue weighted by molar-refractivity contribution is 5.75. The van der Waals surface area contributed by atoms with Crippen LogP contribution < -0.4 is 10.5 Å². The highest BCUT2D eigenvalue weighted by atomic mass is 16.5. The zero-order chi connectivity index (χ0) is 13.7. The summed E-state index contributed by atoms with van der Waals surface area (Å²) >= 11 is 0. The second-order valence-electron chi connectivity index (χ2n) is 4.75. The summed E-state index contributed by atoms with van der Waals surface area (Å²) in [4.78, 5) is 13.0. The average Bonchev–Trinajstić information content (AvgIpc) is 2.39. The first-order chi connectivity index (χ1) is 9.17. The van der Waals surface area contributed by atoms with Crippen molar-refractivity contribution in [2.45, 2.75) is 12.5 Å². The SMILES string of the molecule is COc1ccc(C[C@H]2CN(CC(N)=O)CCO2)cc1. The number of primary amides is 1. The molecule has 104 valence electrons. The Labute approximate surface area is 113 Å². The Hall–Kier alpha value is -1.59. The molecule has 1 amide bonds. The van der Waals surface area contributed by atoms with E-state index in [4.69, 9.17) is 15.2 Å². The van der Waals surface area contributed by atoms with E-state index in [2.05, 4.69) is 0 Å². The van der Waals surface area contributed by atoms with Gasteiger partial charge in [-0.3, -0.25) is 9.69 Å². The van der Waals surface area contributed by atoms with Crippen LogP contribution in [0, 0.1) is 0 Å². The van der Waals surface area contributed by atoms with Gasteiger partial charge < -0.3 is 15.2 Å². The molecule has 2 N–H and O–H groups in total. The maximum Gasteiger partial charge on any atom is 0.231 e. The van der Waals surface area contributed by atoms with E-state index in [0.29, 0.717) is 13.2 Å². The Morgan fingerprint density at radius 3 is 2.84 bits per heavy atom. The minimum absolute atomic E-state index is 0.112. The van der Waals surface area contributed by atoms with Crippen LogP contribution in [0.15, 0.2) is 24.3 Å². The second kappa shape index (κ2) is 6.54. The maximum atomic E-state index is 10.9. The van der Waals surface area contributed by atoms with Gasteiger partial charge in [0.05, 0.1) is 26.4 Å². The molecule has 1 heterocycles. The summed E-state index contributed by atoms with van der Waals surface area (Å²) in [6, 6.07) is 7.96. The van der Waals surface area contributed by atoms with Crippen LogP contribution in [0.1, 0.15) is 5.56 Å². The third-order valence-corrected chi connectivity index (χ3v) is 3.22. The molecule has 1 aromatic rings. The fourth-order valence-electron chi connectivity index (χ4n) is 2.29. The van der Waals surface area contributed by atoms with Gasteiger partial charge >= 0.3 is 0 Å². The predicted octanol–water partition coefficient (Wildman–Crippen LogP) is 0.424. The highest BCUT2D eigenvalue weighted by Gasteiger charge is 2.21. The molecule has 0 aliphatic carbocycles. The molecule has 0 unspecified atom stereocenters. The summed E-state index contributed by atoms with van der Waals surface area (Å²) < 4.78 is 10.9. The van der Waals surface area contributed by atoms with E-state index in [9.17, 15) is 4.79 Å². The van der Waals surface area contributed by atoms with Gasteiger partial charge in [-0.1, -0.05) is 12.1 Å². The molecule has 1 aliphatic rings. The lowest BCUT2D eigenvalue weighted by Gasteiger charge is -2.32. The van der Waals surface area contributed by atoms with E-state index in [1.54, 1.807) is 7.11 Å². The molecule has 1 saturated heterocycles. The van der Waals surface area contributed by atoms with Crippen LogP contribution in [-0.2, 0) is 16.0 Å². The van der Waals surface area contributed by atoms with E-state index >= 15 is 0 Å². The van der Waals surface area contributed by atoms with Crippen LogP contribution in [0.3, 0.4) is 0 Å². The minimum Gasteiger partial charge on any atom is -0.497 e. The molecule has 1 atom stereocenters. The first-order valence-corrected chi connectivity index (χ1v) is 6.42. The molecule has 0 bridgehead atoms. The summed E-state index contributed by atoms with van der Waals surface area (Å²) in [6.45, 7) is 2.47. The van der Waals surface area contributed by atoms with Gasteiger partial charge in [0, 0.05) is 13.1 Å². The number of nitrogens with two attached hydrogens (primary N) is 1. The second-order valence-corrected chi connectivity index (χ2v) is 4.75. The Bertz CT molecular complexity index is 419. The number of benzene rings is 1. The highest BCUT2D eigenvalue weighted by Crippen LogP contribution is 2.15. The summed E-state index contributed by atoms with van der Waals surface area (Å²) in [7, 11) is 1.65. The Kier molecular flexibility index (Phi) is 4.76. The third-order valence-electron chi connectivity index (χ3n) is 3.22. The number of carbonyl (C=O) groups is 1. The van der Waals surface area contributed by atoms with Gasteiger partial charge in [0.1, 0.15) is 5.75 Å². The van der Waals surface area contributed by atoms with Crippen LogP contribution >= 0.6 is 0 Å². The van der Waals surface area contributed by atoms with Crippen molar-refractivity contribution in [2.24, 2.45) is 5.73 Å². The lowest BCUT2D eigenvalue weighted by atomic mass is 10.1. The third kappa shape index (κ3) is 4.22. The van der Waals surface area contributed by atoms with E-state index < -0.39 is 0 Å². The molecular weight excluding hydrogens is 244 g/mol. The quantitative estimate of drug-likeness (QED) is 0.837. The lowest BCUT2D eigenvalue weighted by molar-refractivity contribution is -0.121. The summed E-state index contributed by atoms with van der Waals surface area (Å²) in [6.07, 6.45) is 0.945. The molecule has 5 heteroatoms. The molecule has 0 radical (unpaired) electrons. The number of amides is 1. The molecule has 0 aromatic heterocycles. The van der Waals surface area contributed by atoms with Crippen molar-refractivity contribution in [3.05, 3.63) is 29.8 Å². The average molecular weight is 264 g/mol. The van der Waals surface area contributed by atoms with Crippen LogP contribution in [0.2, 0.25) is 0 Å². The van der Waals surface area contributed by atoms with Crippen LogP contribution in [0.4, 0.5) is 0 Å². The number of ether oxygens (including phenoxy) is 2. The number of hydrogen-bond donors (Lipinski definition) is 1. The summed E-state index contributed by atoms with van der Waals surface area (Å²) in [5.41, 5.74) is 6.42. The zero-order valence-corrected chi connectivity index (χ0v) is 11.2. The van der Waals surface area contributed by atoms with Crippen molar-refractivity contribution in [1.82, 2.24) is 4.90 Å². The largest absolute Gasteiger partial charge is 0.497 e. The number of rotatable bonds is 5. The van der Waals surface area contributed by atoms with Crippen LogP contribution in [0.25, 0.3) is 0 Å². The molecular formula is C14H20N2O3. The zero-order valence-electron chi connectivity index (χ0n) is 11.2. The number of nitrogens with zero attached hydrogens (tertiary/aromatic N) is 1. The predicted molar refractivity (Wildman–Crippen MR) is 72.1 cm³/mol. The number of morpholine rings is 1. The molecule has 0 saturated carbocycles. The van der Waals surface area contributed by atoms with Gasteiger partial charge in [-0.05, 0) is 24.1 Å². The molecule has 0 spiro atoms. The molecule has 19 heavy (non-hydrogen) atoms. The maximum absolute atomic E-state index is 10.9. The molecule has 1 fully saturated rings. The fourth-order valence-corrected chi connectivity index (χ4v) is 2.29. The standard InChI is InChI=1S/C14H20N2O3/c1-18-12-4-2-11(3-5-12)8-13-9-16(6-7-19-13)10-14(15)17/h2-5,13H,6-10H2,1H3,(H2,15,17)/t13-/m0/s1. The van der Waals surface area contributed by atoms with Crippen molar-refractivity contribution in [3.63, 3.8) is 0 Å². The van der Waals surface area contributed by atoms with E-state index in [-0.39, 0.29) is 12.0 Å². The van der Waals surface area contributed by atoms with E-state index in [1.165, 1.54) is 5.56 Å². The molecule has 1 aromatic carbocycles. The van der Waals surface area contributed by atoms with Gasteiger partial charge in [-0.15, -0.1) is 0 Å². The van der Waals surface area contributed by atoms with Crippen molar-refractivity contribution >= 4 is 5.91 Å². The number of carbonyl (C=O) groups excluding carboxylic acids is 1. The monoisotopic (exact) mass is 264 g/mol. The topological polar surface area (TPSA) is 64.8 Å². The van der Waals surface area contributed by atoms with Gasteiger partial charge in [-0.25, -0.2) is 0 Å². The van der Waals surface area contributed by atoms with Crippen molar-refractivity contribution in [3.8, 4) is 5.75 Å². The smallest absolute Gasteiger partial charge is 0.231 e. The van der Waals surface area contributed by atoms with E-state index in [0.717, 1.165) is 25.3 Å². The Balaban J connectivity index is 1.88. The Morgan fingerprint density at radius 1 is 1.47 bits per heavy atom. The minimum atomic E-state index is -0.287. The first-order valence-electron chi connectivity index (χ1n) is 6.42. The summed E-state index contributed by atoms with van der Waals surface area (Å²) in [5, 5.41) is 0. The van der Waals surface area contributed by atoms with Crippen molar-refractivity contribution in [1.29, 1.82) is 0 Å². The van der Waals surface area contributed by atoms with Gasteiger partial charge in [0.25, 0.3) is 0 Å². The summed E-state index contributed by atoms with van der Waals surface area (Å²) in [5.74, 6) is 0.564. The van der Waals surface area contributed by atoms with E-state index in [1.807, 2.05) is 29.2 Å². The van der Waals surface area contributed by atoms with Crippen LogP contribution in [-0.4, -0.2) is 50.3 Å². The molecule has 2 rings (SSSR count). The van der Waals surface area contributed by atoms with Crippen molar-refractivity contribution < 1.29 is 14.3 Å². The number of methoxy groups -OCH3 is 1. The fraction of sp³-hybridized carbons (Fsp3) is 0.500. The molecule has 5 nitrogen and oxygen atoms in total. The van der Waals surface area contributed by atoms with Gasteiger partial charge in [0.15, 0.2) is 0 Å². The first kappa shape index (κ1) is 13.8. The van der Waals surface area contributed by atoms with Crippen LogP contribution in [0.5, 0.6) is 5.75 Å². The number of hydrogen-bond acceptors (Lipinski definition) is 4. The lowest BCUT2D eigenvalue weighted by Crippen LogP contribution is -2.46. The van der Waals surface area contributed by atoms with Crippen molar-refractivity contribution in [2.75, 3.05) is 33.4 Å². The van der Waals surface area contributed by atoms with Gasteiger partial charge in [0.2, 0.25) is 5.91 Å².